The molecule has 20 heavy (non-hydrogen) atoms. The Kier molecular flexibility index (Phi) is 3.66. The van der Waals surface area contributed by atoms with Crippen LogP contribution in [0.2, 0.25) is 0 Å². The van der Waals surface area contributed by atoms with Crippen LogP contribution in [0.25, 0.3) is 6.08 Å². The summed E-state index contributed by atoms with van der Waals surface area (Å²) in [7, 11) is 0. The van der Waals surface area contributed by atoms with Crippen LogP contribution in [-0.4, -0.2) is 24.7 Å². The first-order chi connectivity index (χ1) is 9.74. The first-order valence-corrected chi connectivity index (χ1v) is 7.23. The van der Waals surface area contributed by atoms with Crippen LogP contribution in [0.15, 0.2) is 54.0 Å². The van der Waals surface area contributed by atoms with Crippen molar-refractivity contribution in [2.24, 2.45) is 0 Å². The molecule has 1 fully saturated rings. The van der Waals surface area contributed by atoms with E-state index in [9.17, 15) is 4.79 Å². The largest absolute Gasteiger partial charge is 0.319 e. The fraction of sp³-hybridized carbons (Fsp3) is 0.0714. The van der Waals surface area contributed by atoms with Gasteiger partial charge in [0.25, 0.3) is 5.91 Å². The Bertz CT molecular complexity index is 665. The number of nitrogens with zero attached hydrogens (tertiary/aromatic N) is 3. The number of aromatic nitrogens is 2. The van der Waals surface area contributed by atoms with Gasteiger partial charge in [-0.3, -0.25) is 9.69 Å². The fourth-order valence-electron chi connectivity index (χ4n) is 1.86. The van der Waals surface area contributed by atoms with Crippen LogP contribution in [0.4, 0.5) is 0 Å². The molecule has 1 aromatic carbocycles. The van der Waals surface area contributed by atoms with Gasteiger partial charge in [-0.25, -0.2) is 4.98 Å². The van der Waals surface area contributed by atoms with Crippen molar-refractivity contribution >= 4 is 40.3 Å². The number of hydrogen-bond acceptors (Lipinski definition) is 4. The molecule has 0 aliphatic carbocycles. The predicted octanol–water partition coefficient (Wildman–Crippen LogP) is 2.74. The Morgan fingerprint density at radius 1 is 1.30 bits per heavy atom. The number of benzene rings is 1. The first-order valence-electron chi connectivity index (χ1n) is 6.00. The van der Waals surface area contributed by atoms with Crippen LogP contribution >= 0.6 is 24.0 Å². The number of rotatable bonds is 3. The molecule has 2 aromatic rings. The van der Waals surface area contributed by atoms with Crippen molar-refractivity contribution in [3.63, 3.8) is 0 Å². The molecule has 1 amide bonds. The third kappa shape index (κ3) is 2.66. The van der Waals surface area contributed by atoms with E-state index in [0.717, 1.165) is 5.56 Å². The SMILES string of the molecule is O=C1C(=Cc2ccccc2)SC(=S)N1Cn1ccnc1. The van der Waals surface area contributed by atoms with Gasteiger partial charge in [-0.15, -0.1) is 0 Å². The molecule has 1 aliphatic heterocycles. The number of amides is 1. The van der Waals surface area contributed by atoms with Crippen molar-refractivity contribution in [2.45, 2.75) is 6.67 Å². The highest BCUT2D eigenvalue weighted by Crippen LogP contribution is 2.32. The summed E-state index contributed by atoms with van der Waals surface area (Å²) in [6.07, 6.45) is 7.02. The van der Waals surface area contributed by atoms with Gasteiger partial charge in [-0.05, 0) is 11.6 Å². The highest BCUT2D eigenvalue weighted by Gasteiger charge is 2.31. The molecular weight excluding hydrogens is 290 g/mol. The van der Waals surface area contributed by atoms with Crippen LogP contribution in [0.3, 0.4) is 0 Å². The number of thiocarbonyl (C=S) groups is 1. The van der Waals surface area contributed by atoms with Crippen molar-refractivity contribution in [3.05, 3.63) is 59.5 Å². The molecule has 0 unspecified atom stereocenters. The van der Waals surface area contributed by atoms with Crippen molar-refractivity contribution < 1.29 is 4.79 Å². The topological polar surface area (TPSA) is 38.1 Å². The lowest BCUT2D eigenvalue weighted by molar-refractivity contribution is -0.123. The number of imidazole rings is 1. The van der Waals surface area contributed by atoms with Crippen LogP contribution in [0, 0.1) is 0 Å². The molecule has 0 atom stereocenters. The predicted molar refractivity (Wildman–Crippen MR) is 83.7 cm³/mol. The molecule has 0 saturated carbocycles. The smallest absolute Gasteiger partial charge is 0.267 e. The Labute approximate surface area is 126 Å². The molecule has 3 rings (SSSR count). The van der Waals surface area contributed by atoms with Gasteiger partial charge in [-0.2, -0.15) is 0 Å². The highest BCUT2D eigenvalue weighted by molar-refractivity contribution is 8.26. The van der Waals surface area contributed by atoms with E-state index in [0.29, 0.717) is 15.9 Å². The van der Waals surface area contributed by atoms with Crippen LogP contribution in [0.5, 0.6) is 0 Å². The minimum atomic E-state index is -0.0578. The third-order valence-corrected chi connectivity index (χ3v) is 4.21. The Morgan fingerprint density at radius 2 is 2.10 bits per heavy atom. The lowest BCUT2D eigenvalue weighted by atomic mass is 10.2. The molecular formula is C14H11N3OS2. The molecule has 4 nitrogen and oxygen atoms in total. The molecule has 1 aromatic heterocycles. The Hall–Kier alpha value is -1.92. The maximum absolute atomic E-state index is 12.4. The minimum Gasteiger partial charge on any atom is -0.319 e. The van der Waals surface area contributed by atoms with Crippen molar-refractivity contribution in [2.75, 3.05) is 0 Å². The fourth-order valence-corrected chi connectivity index (χ4v) is 3.10. The van der Waals surface area contributed by atoms with Crippen LogP contribution < -0.4 is 0 Å². The monoisotopic (exact) mass is 301 g/mol. The van der Waals surface area contributed by atoms with Gasteiger partial charge >= 0.3 is 0 Å². The summed E-state index contributed by atoms with van der Waals surface area (Å²) < 4.78 is 2.39. The second kappa shape index (κ2) is 5.60. The molecule has 6 heteroatoms. The molecule has 0 N–H and O–H groups in total. The zero-order chi connectivity index (χ0) is 13.9. The van der Waals surface area contributed by atoms with Crippen molar-refractivity contribution in [1.29, 1.82) is 0 Å². The zero-order valence-electron chi connectivity index (χ0n) is 10.5. The summed E-state index contributed by atoms with van der Waals surface area (Å²) in [6, 6.07) is 9.75. The van der Waals surface area contributed by atoms with Gasteiger partial charge in [0.05, 0.1) is 11.2 Å². The van der Waals surface area contributed by atoms with E-state index in [-0.39, 0.29) is 5.91 Å². The summed E-state index contributed by atoms with van der Waals surface area (Å²) >= 11 is 6.61. The number of carbonyl (C=O) groups is 1. The average Bonchev–Trinajstić information content (AvgIpc) is 3.05. The van der Waals surface area contributed by atoms with Gasteiger partial charge < -0.3 is 4.57 Å². The van der Waals surface area contributed by atoms with Crippen molar-refractivity contribution in [1.82, 2.24) is 14.5 Å². The molecule has 1 saturated heterocycles. The molecule has 100 valence electrons. The standard InChI is InChI=1S/C14H11N3OS2/c18-13-12(8-11-4-2-1-3-5-11)20-14(19)17(13)10-16-7-6-15-9-16/h1-9H,10H2. The van der Waals surface area contributed by atoms with E-state index in [1.165, 1.54) is 11.8 Å². The average molecular weight is 301 g/mol. The normalized spacial score (nSPS) is 17.2. The Balaban J connectivity index is 1.82. The summed E-state index contributed by atoms with van der Waals surface area (Å²) in [5, 5.41) is 0. The molecule has 0 bridgehead atoms. The lowest BCUT2D eigenvalue weighted by Crippen LogP contribution is -2.29. The van der Waals surface area contributed by atoms with E-state index in [2.05, 4.69) is 4.98 Å². The van der Waals surface area contributed by atoms with E-state index in [4.69, 9.17) is 12.2 Å². The van der Waals surface area contributed by atoms with E-state index < -0.39 is 0 Å². The van der Waals surface area contributed by atoms with Gasteiger partial charge in [0, 0.05) is 12.4 Å². The van der Waals surface area contributed by atoms with E-state index in [1.54, 1.807) is 23.6 Å². The first kappa shape index (κ1) is 13.1. The third-order valence-electron chi connectivity index (χ3n) is 2.83. The second-order valence-corrected chi connectivity index (χ2v) is 5.91. The minimum absolute atomic E-state index is 0.0578. The highest BCUT2D eigenvalue weighted by atomic mass is 32.2. The quantitative estimate of drug-likeness (QED) is 0.645. The molecule has 2 heterocycles. The summed E-state index contributed by atoms with van der Waals surface area (Å²) in [6.45, 7) is 0.400. The summed E-state index contributed by atoms with van der Waals surface area (Å²) in [4.78, 5) is 18.6. The van der Waals surface area contributed by atoms with Crippen molar-refractivity contribution in [3.8, 4) is 0 Å². The summed E-state index contributed by atoms with van der Waals surface area (Å²) in [5.41, 5.74) is 0.996. The van der Waals surface area contributed by atoms with Gasteiger partial charge in [-0.1, -0.05) is 54.3 Å². The number of thioether (sulfide) groups is 1. The van der Waals surface area contributed by atoms with Gasteiger partial charge in [0.1, 0.15) is 11.0 Å². The maximum Gasteiger partial charge on any atom is 0.267 e. The number of carbonyl (C=O) groups excluding carboxylic acids is 1. The second-order valence-electron chi connectivity index (χ2n) is 4.24. The number of hydrogen-bond donors (Lipinski definition) is 0. The van der Waals surface area contributed by atoms with E-state index >= 15 is 0 Å². The molecule has 1 aliphatic rings. The summed E-state index contributed by atoms with van der Waals surface area (Å²) in [5.74, 6) is -0.0578. The van der Waals surface area contributed by atoms with Gasteiger partial charge in [0.2, 0.25) is 0 Å². The maximum atomic E-state index is 12.4. The van der Waals surface area contributed by atoms with Crippen LogP contribution in [0.1, 0.15) is 5.56 Å². The molecule has 0 spiro atoms. The lowest BCUT2D eigenvalue weighted by Gasteiger charge is -2.14. The zero-order valence-corrected chi connectivity index (χ0v) is 12.1. The Morgan fingerprint density at radius 3 is 2.80 bits per heavy atom. The van der Waals surface area contributed by atoms with E-state index in [1.807, 2.05) is 41.0 Å². The molecule has 0 radical (unpaired) electrons. The van der Waals surface area contributed by atoms with Crippen LogP contribution in [-0.2, 0) is 11.5 Å². The van der Waals surface area contributed by atoms with Gasteiger partial charge in [0.15, 0.2) is 0 Å².